The number of hydrogen-bond donors (Lipinski definition) is 1. The van der Waals surface area contributed by atoms with E-state index in [4.69, 9.17) is 9.47 Å². The lowest BCUT2D eigenvalue weighted by atomic mass is 9.93. The molecule has 1 fully saturated rings. The third-order valence-electron chi connectivity index (χ3n) is 6.51. The maximum atomic E-state index is 13.4. The fourth-order valence-corrected chi connectivity index (χ4v) is 4.64. The fourth-order valence-electron chi connectivity index (χ4n) is 4.64. The molecule has 2 aromatic carbocycles. The van der Waals surface area contributed by atoms with Crippen LogP contribution in [0, 0.1) is 5.92 Å². The minimum Gasteiger partial charge on any atom is -0.507 e. The van der Waals surface area contributed by atoms with Crippen LogP contribution in [0.3, 0.4) is 0 Å². The smallest absolute Gasteiger partial charge is 0.295 e. The van der Waals surface area contributed by atoms with Crippen molar-refractivity contribution < 1.29 is 24.2 Å². The first-order valence-electron chi connectivity index (χ1n) is 13.5. The summed E-state index contributed by atoms with van der Waals surface area (Å²) in [6.45, 7) is 12.4. The van der Waals surface area contributed by atoms with E-state index in [2.05, 4.69) is 13.8 Å². The number of rotatable bonds is 12. The van der Waals surface area contributed by atoms with Crippen LogP contribution in [-0.4, -0.2) is 67.0 Å². The Bertz CT molecular complexity index is 1170. The first-order chi connectivity index (χ1) is 18.0. The van der Waals surface area contributed by atoms with Gasteiger partial charge in [0.15, 0.2) is 0 Å². The van der Waals surface area contributed by atoms with Crippen molar-refractivity contribution in [3.8, 4) is 11.5 Å². The molecule has 7 nitrogen and oxygen atoms in total. The largest absolute Gasteiger partial charge is 0.507 e. The Kier molecular flexibility index (Phi) is 9.97. The van der Waals surface area contributed by atoms with Gasteiger partial charge in [0.2, 0.25) is 0 Å². The second-order valence-electron chi connectivity index (χ2n) is 10.8. The predicted molar refractivity (Wildman–Crippen MR) is 151 cm³/mol. The van der Waals surface area contributed by atoms with Gasteiger partial charge >= 0.3 is 0 Å². The van der Waals surface area contributed by atoms with E-state index in [9.17, 15) is 14.7 Å². The Labute approximate surface area is 227 Å². The lowest BCUT2D eigenvalue weighted by molar-refractivity contribution is -0.139. The number of benzene rings is 2. The van der Waals surface area contributed by atoms with Crippen LogP contribution in [0.15, 0.2) is 48.0 Å². The molecule has 1 saturated heterocycles. The fraction of sp³-hybridized carbons (Fsp3) is 0.484. The van der Waals surface area contributed by atoms with Crippen molar-refractivity contribution in [2.45, 2.75) is 53.0 Å². The maximum Gasteiger partial charge on any atom is 0.295 e. The number of hydrogen-bond acceptors (Lipinski definition) is 6. The third-order valence-corrected chi connectivity index (χ3v) is 6.51. The summed E-state index contributed by atoms with van der Waals surface area (Å²) >= 11 is 0. The zero-order valence-corrected chi connectivity index (χ0v) is 23.8. The Morgan fingerprint density at radius 1 is 1.05 bits per heavy atom. The number of ketones is 1. The second kappa shape index (κ2) is 13.0. The summed E-state index contributed by atoms with van der Waals surface area (Å²) in [6.07, 6.45) is 0.695. The lowest BCUT2D eigenvalue weighted by Crippen LogP contribution is -2.32. The third kappa shape index (κ3) is 6.76. The Hall–Kier alpha value is -3.32. The summed E-state index contributed by atoms with van der Waals surface area (Å²) in [4.78, 5) is 30.3. The molecule has 1 unspecified atom stereocenters. The minimum atomic E-state index is -0.714. The number of nitrogens with zero attached hydrogens (tertiary/aromatic N) is 2. The van der Waals surface area contributed by atoms with Crippen LogP contribution in [0.25, 0.3) is 5.76 Å². The number of Topliss-reactive ketones (excluding diaryl/α,β-unsaturated/α-hetero) is 1. The van der Waals surface area contributed by atoms with Gasteiger partial charge in [-0.05, 0) is 87.3 Å². The van der Waals surface area contributed by atoms with Crippen LogP contribution < -0.4 is 9.47 Å². The van der Waals surface area contributed by atoms with Crippen molar-refractivity contribution in [1.29, 1.82) is 0 Å². The molecule has 1 aliphatic heterocycles. The zero-order chi connectivity index (χ0) is 28.0. The summed E-state index contributed by atoms with van der Waals surface area (Å²) in [7, 11) is 3.94. The molecule has 0 aliphatic carbocycles. The molecule has 2 aromatic rings. The SMILES string of the molecule is CCOc1ccc(/C(O)=C2\C(=O)C(=O)N(CCCN(C)C)C2c2cccc(OCC(C)C)c2)cc1C(C)C. The van der Waals surface area contributed by atoms with Crippen LogP contribution >= 0.6 is 0 Å². The number of aliphatic hydroxyl groups excluding tert-OH is 1. The average molecular weight is 523 g/mol. The number of likely N-dealkylation sites (tertiary alicyclic amines) is 1. The van der Waals surface area contributed by atoms with Crippen molar-refractivity contribution in [1.82, 2.24) is 9.80 Å². The summed E-state index contributed by atoms with van der Waals surface area (Å²) in [5, 5.41) is 11.5. The van der Waals surface area contributed by atoms with Gasteiger partial charge in [0.25, 0.3) is 11.7 Å². The van der Waals surface area contributed by atoms with Crippen molar-refractivity contribution in [3.05, 3.63) is 64.7 Å². The van der Waals surface area contributed by atoms with Crippen molar-refractivity contribution in [2.24, 2.45) is 5.92 Å². The molecule has 1 amide bonds. The van der Waals surface area contributed by atoms with Gasteiger partial charge in [0.1, 0.15) is 17.3 Å². The molecule has 1 N–H and O–H groups in total. The average Bonchev–Trinajstić information content (AvgIpc) is 3.12. The summed E-state index contributed by atoms with van der Waals surface area (Å²) < 4.78 is 11.7. The van der Waals surface area contributed by atoms with E-state index in [-0.39, 0.29) is 17.3 Å². The molecular formula is C31H42N2O5. The van der Waals surface area contributed by atoms with Gasteiger partial charge in [0.05, 0.1) is 24.8 Å². The Morgan fingerprint density at radius 3 is 2.42 bits per heavy atom. The molecular weight excluding hydrogens is 480 g/mol. The van der Waals surface area contributed by atoms with E-state index in [1.165, 1.54) is 0 Å². The Morgan fingerprint density at radius 2 is 1.79 bits per heavy atom. The molecule has 0 aromatic heterocycles. The molecule has 1 aliphatic rings. The van der Waals surface area contributed by atoms with Gasteiger partial charge in [0, 0.05) is 12.1 Å². The predicted octanol–water partition coefficient (Wildman–Crippen LogP) is 5.62. The molecule has 7 heteroatoms. The first kappa shape index (κ1) is 29.2. The summed E-state index contributed by atoms with van der Waals surface area (Å²) in [5.74, 6) is 0.452. The molecule has 3 rings (SSSR count). The quantitative estimate of drug-likeness (QED) is 0.222. The van der Waals surface area contributed by atoms with Crippen molar-refractivity contribution in [3.63, 3.8) is 0 Å². The van der Waals surface area contributed by atoms with E-state index < -0.39 is 17.7 Å². The van der Waals surface area contributed by atoms with Gasteiger partial charge < -0.3 is 24.4 Å². The summed E-state index contributed by atoms with van der Waals surface area (Å²) in [6, 6.07) is 12.2. The Balaban J connectivity index is 2.13. The molecule has 0 saturated carbocycles. The lowest BCUT2D eigenvalue weighted by Gasteiger charge is -2.26. The second-order valence-corrected chi connectivity index (χ2v) is 10.8. The topological polar surface area (TPSA) is 79.3 Å². The molecule has 1 heterocycles. The van der Waals surface area contributed by atoms with E-state index >= 15 is 0 Å². The van der Waals surface area contributed by atoms with E-state index in [0.29, 0.717) is 43.4 Å². The normalized spacial score (nSPS) is 17.2. The highest BCUT2D eigenvalue weighted by Gasteiger charge is 2.46. The molecule has 0 spiro atoms. The molecule has 0 bridgehead atoms. The highest BCUT2D eigenvalue weighted by Crippen LogP contribution is 2.41. The first-order valence-corrected chi connectivity index (χ1v) is 13.5. The van der Waals surface area contributed by atoms with Crippen LogP contribution in [-0.2, 0) is 9.59 Å². The number of carbonyl (C=O) groups excluding carboxylic acids is 2. The van der Waals surface area contributed by atoms with Crippen molar-refractivity contribution in [2.75, 3.05) is 40.4 Å². The number of ether oxygens (including phenoxy) is 2. The minimum absolute atomic E-state index is 0.0970. The van der Waals surface area contributed by atoms with Crippen LogP contribution in [0.4, 0.5) is 0 Å². The van der Waals surface area contributed by atoms with E-state index in [1.54, 1.807) is 11.0 Å². The van der Waals surface area contributed by atoms with Gasteiger partial charge in [-0.15, -0.1) is 0 Å². The highest BCUT2D eigenvalue weighted by atomic mass is 16.5. The van der Waals surface area contributed by atoms with Gasteiger partial charge in [-0.25, -0.2) is 0 Å². The molecule has 1 atom stereocenters. The molecule has 0 radical (unpaired) electrons. The van der Waals surface area contributed by atoms with E-state index in [1.807, 2.05) is 76.2 Å². The van der Waals surface area contributed by atoms with Gasteiger partial charge in [-0.3, -0.25) is 9.59 Å². The number of aliphatic hydroxyl groups is 1. The standard InChI is InChI=1S/C31H42N2O5/c1-8-37-26-14-13-23(18-25(26)21(4)5)29(34)27-28(22-11-9-12-24(17-22)38-19-20(2)3)33(31(36)30(27)35)16-10-15-32(6)7/h9,11-14,17-18,20-21,28,34H,8,10,15-16,19H2,1-7H3/b29-27+. The zero-order valence-electron chi connectivity index (χ0n) is 23.8. The van der Waals surface area contributed by atoms with E-state index in [0.717, 1.165) is 23.4 Å². The summed E-state index contributed by atoms with van der Waals surface area (Å²) in [5.41, 5.74) is 2.24. The van der Waals surface area contributed by atoms with Gasteiger partial charge in [-0.2, -0.15) is 0 Å². The molecule has 206 valence electrons. The van der Waals surface area contributed by atoms with Crippen LogP contribution in [0.5, 0.6) is 11.5 Å². The molecule has 38 heavy (non-hydrogen) atoms. The van der Waals surface area contributed by atoms with Crippen LogP contribution in [0.2, 0.25) is 0 Å². The van der Waals surface area contributed by atoms with Gasteiger partial charge in [-0.1, -0.05) is 39.8 Å². The monoisotopic (exact) mass is 522 g/mol. The van der Waals surface area contributed by atoms with Crippen molar-refractivity contribution >= 4 is 17.4 Å². The van der Waals surface area contributed by atoms with Crippen LogP contribution in [0.1, 0.15) is 69.7 Å². The highest BCUT2D eigenvalue weighted by molar-refractivity contribution is 6.46. The maximum absolute atomic E-state index is 13.4. The number of carbonyl (C=O) groups is 2. The number of amides is 1.